The summed E-state index contributed by atoms with van der Waals surface area (Å²) in [6, 6.07) is 5.03. The fraction of sp³-hybridized carbons (Fsp3) is 0.444. The largest absolute Gasteiger partial charge is 0.378 e. The van der Waals surface area contributed by atoms with E-state index in [0.717, 1.165) is 0 Å². The number of rotatable bonds is 5. The van der Waals surface area contributed by atoms with Gasteiger partial charge < -0.3 is 19.9 Å². The molecular weight excluding hydrogens is 325 g/mol. The van der Waals surface area contributed by atoms with E-state index >= 15 is 0 Å². The van der Waals surface area contributed by atoms with Crippen LogP contribution in [0.3, 0.4) is 0 Å². The molecular formula is C18H22FN3O3. The molecule has 0 bridgehead atoms. The van der Waals surface area contributed by atoms with Crippen molar-refractivity contribution in [3.8, 4) is 0 Å². The molecule has 2 aliphatic rings. The number of halogens is 1. The lowest BCUT2D eigenvalue weighted by atomic mass is 9.99. The lowest BCUT2D eigenvalue weighted by Crippen LogP contribution is -2.55. The van der Waals surface area contributed by atoms with Gasteiger partial charge in [-0.25, -0.2) is 4.39 Å². The van der Waals surface area contributed by atoms with E-state index in [-0.39, 0.29) is 30.1 Å². The maximum atomic E-state index is 14.3. The Morgan fingerprint density at radius 2 is 2.04 bits per heavy atom. The van der Waals surface area contributed by atoms with Crippen molar-refractivity contribution in [3.63, 3.8) is 0 Å². The molecule has 1 N–H and O–H groups in total. The summed E-state index contributed by atoms with van der Waals surface area (Å²) in [4.78, 5) is 27.0. The van der Waals surface area contributed by atoms with Gasteiger partial charge in [0.05, 0.1) is 24.8 Å². The predicted molar refractivity (Wildman–Crippen MR) is 91.5 cm³/mol. The van der Waals surface area contributed by atoms with Gasteiger partial charge in [0.25, 0.3) is 0 Å². The summed E-state index contributed by atoms with van der Waals surface area (Å²) in [6.45, 7) is 7.05. The Morgan fingerprint density at radius 1 is 1.32 bits per heavy atom. The summed E-state index contributed by atoms with van der Waals surface area (Å²) in [7, 11) is 0. The number of carbonyl (C=O) groups is 2. The van der Waals surface area contributed by atoms with E-state index in [2.05, 4.69) is 11.9 Å². The van der Waals surface area contributed by atoms with E-state index in [9.17, 15) is 14.0 Å². The van der Waals surface area contributed by atoms with Crippen LogP contribution in [0.4, 0.5) is 10.1 Å². The first-order chi connectivity index (χ1) is 12.1. The molecule has 0 spiro atoms. The Bertz CT molecular complexity index is 668. The molecule has 0 unspecified atom stereocenters. The van der Waals surface area contributed by atoms with Crippen LogP contribution in [-0.4, -0.2) is 56.1 Å². The van der Waals surface area contributed by atoms with Crippen molar-refractivity contribution in [3.05, 3.63) is 42.2 Å². The van der Waals surface area contributed by atoms with Gasteiger partial charge in [-0.15, -0.1) is 0 Å². The second kappa shape index (κ2) is 7.65. The average molecular weight is 347 g/mol. The number of amides is 2. The Balaban J connectivity index is 1.50. The summed E-state index contributed by atoms with van der Waals surface area (Å²) in [6.07, 6.45) is 1.24. The molecule has 1 aromatic carbocycles. The first-order valence-electron chi connectivity index (χ1n) is 8.38. The Morgan fingerprint density at radius 3 is 2.68 bits per heavy atom. The highest BCUT2D eigenvalue weighted by molar-refractivity contribution is 5.90. The molecule has 0 aliphatic carbocycles. The molecule has 1 aromatic rings. The molecule has 0 aromatic heterocycles. The van der Waals surface area contributed by atoms with Crippen molar-refractivity contribution >= 4 is 17.5 Å². The van der Waals surface area contributed by atoms with Gasteiger partial charge in [-0.3, -0.25) is 9.59 Å². The number of morpholine rings is 1. The zero-order valence-corrected chi connectivity index (χ0v) is 14.0. The first-order valence-corrected chi connectivity index (χ1v) is 8.38. The Kier molecular flexibility index (Phi) is 5.33. The number of nitrogens with zero attached hydrogens (tertiary/aromatic N) is 2. The third-order valence-electron chi connectivity index (χ3n) is 4.57. The average Bonchev–Trinajstić information content (AvgIpc) is 2.59. The van der Waals surface area contributed by atoms with E-state index < -0.39 is 0 Å². The fourth-order valence-corrected chi connectivity index (χ4v) is 3.01. The number of hydrogen-bond acceptors (Lipinski definition) is 4. The van der Waals surface area contributed by atoms with Crippen LogP contribution >= 0.6 is 0 Å². The minimum atomic E-state index is -0.292. The van der Waals surface area contributed by atoms with Crippen LogP contribution in [-0.2, 0) is 20.9 Å². The van der Waals surface area contributed by atoms with E-state index in [1.807, 2.05) is 11.0 Å². The minimum absolute atomic E-state index is 0.120. The summed E-state index contributed by atoms with van der Waals surface area (Å²) >= 11 is 0. The van der Waals surface area contributed by atoms with Gasteiger partial charge >= 0.3 is 0 Å². The molecule has 3 rings (SSSR count). The van der Waals surface area contributed by atoms with Crippen LogP contribution in [0, 0.1) is 11.7 Å². The number of carbonyl (C=O) groups excluding carboxylic acids is 2. The topological polar surface area (TPSA) is 61.9 Å². The van der Waals surface area contributed by atoms with Crippen LogP contribution in [0.25, 0.3) is 0 Å². The van der Waals surface area contributed by atoms with Crippen molar-refractivity contribution in [1.29, 1.82) is 0 Å². The van der Waals surface area contributed by atoms with E-state index in [4.69, 9.17) is 4.74 Å². The number of hydrogen-bond donors (Lipinski definition) is 1. The van der Waals surface area contributed by atoms with Crippen LogP contribution in [0.2, 0.25) is 0 Å². The molecule has 134 valence electrons. The van der Waals surface area contributed by atoms with Crippen molar-refractivity contribution in [2.24, 2.45) is 5.92 Å². The van der Waals surface area contributed by atoms with Crippen LogP contribution < -0.4 is 10.2 Å². The molecule has 2 heterocycles. The van der Waals surface area contributed by atoms with Gasteiger partial charge in [0.15, 0.2) is 0 Å². The zero-order valence-electron chi connectivity index (χ0n) is 14.0. The van der Waals surface area contributed by atoms with Crippen LogP contribution in [0.1, 0.15) is 5.56 Å². The van der Waals surface area contributed by atoms with Crippen molar-refractivity contribution in [1.82, 2.24) is 10.2 Å². The molecule has 7 heteroatoms. The van der Waals surface area contributed by atoms with Crippen molar-refractivity contribution in [2.45, 2.75) is 6.54 Å². The zero-order chi connectivity index (χ0) is 17.8. The number of anilines is 1. The van der Waals surface area contributed by atoms with Gasteiger partial charge in [0.1, 0.15) is 5.82 Å². The van der Waals surface area contributed by atoms with E-state index in [1.54, 1.807) is 11.0 Å². The molecule has 0 saturated carbocycles. The normalized spacial score (nSPS) is 17.8. The second-order valence-electron chi connectivity index (χ2n) is 6.25. The minimum Gasteiger partial charge on any atom is -0.378 e. The molecule has 2 amide bonds. The fourth-order valence-electron chi connectivity index (χ4n) is 3.01. The summed E-state index contributed by atoms with van der Waals surface area (Å²) in [5.41, 5.74) is 1.28. The van der Waals surface area contributed by atoms with Gasteiger partial charge in [-0.05, 0) is 23.8 Å². The molecule has 2 aliphatic heterocycles. The number of benzene rings is 1. The number of ether oxygens (including phenoxy) is 1. The second-order valence-corrected chi connectivity index (χ2v) is 6.25. The lowest BCUT2D eigenvalue weighted by molar-refractivity contribution is -0.139. The molecule has 2 saturated heterocycles. The smallest absolute Gasteiger partial charge is 0.246 e. The monoisotopic (exact) mass is 347 g/mol. The Hall–Kier alpha value is -2.41. The Labute approximate surface area is 146 Å². The van der Waals surface area contributed by atoms with Gasteiger partial charge in [-0.1, -0.05) is 12.6 Å². The maximum Gasteiger partial charge on any atom is 0.246 e. The van der Waals surface area contributed by atoms with Gasteiger partial charge in [-0.2, -0.15) is 0 Å². The van der Waals surface area contributed by atoms with Crippen molar-refractivity contribution in [2.75, 3.05) is 44.3 Å². The predicted octanol–water partition coefficient (Wildman–Crippen LogP) is 0.923. The van der Waals surface area contributed by atoms with Crippen LogP contribution in [0.15, 0.2) is 30.9 Å². The summed E-state index contributed by atoms with van der Waals surface area (Å²) < 4.78 is 19.6. The summed E-state index contributed by atoms with van der Waals surface area (Å²) in [5.74, 6) is -0.781. The van der Waals surface area contributed by atoms with Gasteiger partial charge in [0.2, 0.25) is 11.8 Å². The SMILES string of the molecule is C=CC(=O)N1CC(C(=O)NCc2ccc(N3CCOCC3)c(F)c2)C1. The standard InChI is InChI=1S/C18H22FN3O3/c1-2-17(23)22-11-14(12-22)18(24)20-10-13-3-4-16(15(19)9-13)21-5-7-25-8-6-21/h2-4,9,14H,1,5-8,10-12H2,(H,20,24). The van der Waals surface area contributed by atoms with E-state index in [0.29, 0.717) is 50.6 Å². The third kappa shape index (κ3) is 3.99. The van der Waals surface area contributed by atoms with E-state index in [1.165, 1.54) is 12.1 Å². The summed E-state index contributed by atoms with van der Waals surface area (Å²) in [5, 5.41) is 2.80. The molecule has 6 nitrogen and oxygen atoms in total. The quantitative estimate of drug-likeness (QED) is 0.805. The molecule has 0 radical (unpaired) electrons. The maximum absolute atomic E-state index is 14.3. The highest BCUT2D eigenvalue weighted by Crippen LogP contribution is 2.22. The number of likely N-dealkylation sites (tertiary alicyclic amines) is 1. The number of nitrogens with one attached hydrogen (secondary N) is 1. The third-order valence-corrected chi connectivity index (χ3v) is 4.57. The molecule has 0 atom stereocenters. The molecule has 2 fully saturated rings. The van der Waals surface area contributed by atoms with Gasteiger partial charge in [0, 0.05) is 32.7 Å². The highest BCUT2D eigenvalue weighted by atomic mass is 19.1. The first kappa shape index (κ1) is 17.4. The van der Waals surface area contributed by atoms with Crippen LogP contribution in [0.5, 0.6) is 0 Å². The van der Waals surface area contributed by atoms with Crippen molar-refractivity contribution < 1.29 is 18.7 Å². The highest BCUT2D eigenvalue weighted by Gasteiger charge is 2.34. The molecule has 25 heavy (non-hydrogen) atoms. The lowest BCUT2D eigenvalue weighted by Gasteiger charge is -2.37.